The third-order valence-electron chi connectivity index (χ3n) is 4.69. The van der Waals surface area contributed by atoms with Crippen LogP contribution in [0, 0.1) is 0 Å². The maximum absolute atomic E-state index is 6.46. The van der Waals surface area contributed by atoms with Gasteiger partial charge in [-0.25, -0.2) is 4.98 Å². The Balaban J connectivity index is 0.00000240. The highest BCUT2D eigenvalue weighted by molar-refractivity contribution is 7.99. The minimum atomic E-state index is -0.649. The number of halogens is 1. The minimum Gasteiger partial charge on any atom is -0.345 e. The van der Waals surface area contributed by atoms with Gasteiger partial charge in [-0.1, -0.05) is 31.2 Å². The highest BCUT2D eigenvalue weighted by Gasteiger charge is 2.41. The van der Waals surface area contributed by atoms with Gasteiger partial charge in [0, 0.05) is 46.9 Å². The maximum atomic E-state index is 6.46. The van der Waals surface area contributed by atoms with Gasteiger partial charge in [0.2, 0.25) is 0 Å². The van der Waals surface area contributed by atoms with Crippen LogP contribution in [0.25, 0.3) is 0 Å². The molecule has 1 aliphatic heterocycles. The van der Waals surface area contributed by atoms with Crippen LogP contribution in [0.1, 0.15) is 19.4 Å². The first-order chi connectivity index (χ1) is 13.7. The molecule has 0 radical (unpaired) electrons. The standard InChI is InChI=1S/C21H22ClN3O2S.CH4/c22-18-3-1-17(2-4-18)5-8-21(15-25-12-11-24-16-25)26-13-19(27-21)14-28-20-6-9-23-10-7-20;/h1-4,6-7,9-12,16,19H,5,8,13-15H2;1H4/t19-,21+;/m0./s1. The van der Waals surface area contributed by atoms with Crippen LogP contribution in [-0.4, -0.2) is 38.8 Å². The van der Waals surface area contributed by atoms with Gasteiger partial charge in [0.05, 0.1) is 25.6 Å². The number of aromatic nitrogens is 3. The number of hydrogen-bond donors (Lipinski definition) is 0. The van der Waals surface area contributed by atoms with Gasteiger partial charge in [-0.3, -0.25) is 4.98 Å². The Kier molecular flexibility index (Phi) is 7.72. The average Bonchev–Trinajstić information content (AvgIpc) is 3.38. The lowest BCUT2D eigenvalue weighted by Gasteiger charge is -2.28. The van der Waals surface area contributed by atoms with Crippen molar-refractivity contribution >= 4 is 23.4 Å². The normalized spacial score (nSPS) is 21.1. The summed E-state index contributed by atoms with van der Waals surface area (Å²) in [5.41, 5.74) is 1.22. The molecule has 3 heterocycles. The number of ether oxygens (including phenoxy) is 2. The van der Waals surface area contributed by atoms with Gasteiger partial charge in [0.25, 0.3) is 0 Å². The van der Waals surface area contributed by atoms with Crippen molar-refractivity contribution in [2.75, 3.05) is 12.4 Å². The Morgan fingerprint density at radius 2 is 1.90 bits per heavy atom. The van der Waals surface area contributed by atoms with E-state index in [0.717, 1.165) is 23.6 Å². The highest BCUT2D eigenvalue weighted by Crippen LogP contribution is 2.33. The molecule has 2 atom stereocenters. The van der Waals surface area contributed by atoms with Crippen LogP contribution >= 0.6 is 23.4 Å². The van der Waals surface area contributed by atoms with Gasteiger partial charge >= 0.3 is 0 Å². The molecule has 1 aromatic carbocycles. The third-order valence-corrected chi connectivity index (χ3v) is 6.09. The molecule has 0 aliphatic carbocycles. The molecule has 0 saturated carbocycles. The highest BCUT2D eigenvalue weighted by atomic mass is 35.5. The Labute approximate surface area is 181 Å². The molecule has 0 unspecified atom stereocenters. The van der Waals surface area contributed by atoms with Gasteiger partial charge in [0.1, 0.15) is 0 Å². The number of thioether (sulfide) groups is 1. The van der Waals surface area contributed by atoms with Crippen molar-refractivity contribution in [1.82, 2.24) is 14.5 Å². The molecule has 0 bridgehead atoms. The quantitative estimate of drug-likeness (QED) is 0.464. The van der Waals surface area contributed by atoms with E-state index in [9.17, 15) is 0 Å². The van der Waals surface area contributed by atoms with Gasteiger partial charge in [-0.15, -0.1) is 11.8 Å². The van der Waals surface area contributed by atoms with E-state index in [-0.39, 0.29) is 13.5 Å². The number of benzene rings is 1. The second-order valence-corrected chi connectivity index (χ2v) is 8.35. The summed E-state index contributed by atoms with van der Waals surface area (Å²) in [6, 6.07) is 12.0. The first-order valence-corrected chi connectivity index (χ1v) is 10.6. The lowest BCUT2D eigenvalue weighted by molar-refractivity contribution is -0.180. The summed E-state index contributed by atoms with van der Waals surface area (Å²) in [7, 11) is 0. The van der Waals surface area contributed by atoms with E-state index < -0.39 is 5.79 Å². The van der Waals surface area contributed by atoms with E-state index in [4.69, 9.17) is 21.1 Å². The number of imidazole rings is 1. The molecular formula is C22H26ClN3O2S. The van der Waals surface area contributed by atoms with Crippen molar-refractivity contribution in [2.24, 2.45) is 0 Å². The Bertz CT molecular complexity index is 862. The van der Waals surface area contributed by atoms with Gasteiger partial charge < -0.3 is 14.0 Å². The second kappa shape index (κ2) is 10.3. The van der Waals surface area contributed by atoms with E-state index in [0.29, 0.717) is 13.2 Å². The molecule has 0 spiro atoms. The SMILES string of the molecule is C.Clc1ccc(CC[C@@]2(Cn3ccnc3)OC[C@@H](CSc3ccncc3)O2)cc1. The van der Waals surface area contributed by atoms with E-state index in [1.807, 2.05) is 47.4 Å². The van der Waals surface area contributed by atoms with Crippen molar-refractivity contribution in [1.29, 1.82) is 0 Å². The number of hydrogen-bond acceptors (Lipinski definition) is 5. The molecule has 2 aromatic heterocycles. The molecule has 4 rings (SSSR count). The molecule has 7 heteroatoms. The zero-order valence-electron chi connectivity index (χ0n) is 15.4. The van der Waals surface area contributed by atoms with Crippen LogP contribution in [0.5, 0.6) is 0 Å². The van der Waals surface area contributed by atoms with Crippen molar-refractivity contribution in [3.8, 4) is 0 Å². The fourth-order valence-electron chi connectivity index (χ4n) is 3.26. The fourth-order valence-corrected chi connectivity index (χ4v) is 4.24. The van der Waals surface area contributed by atoms with Crippen LogP contribution < -0.4 is 0 Å². The van der Waals surface area contributed by atoms with E-state index >= 15 is 0 Å². The van der Waals surface area contributed by atoms with Crippen LogP contribution in [0.15, 0.2) is 72.4 Å². The number of nitrogens with zero attached hydrogens (tertiary/aromatic N) is 3. The van der Waals surface area contributed by atoms with E-state index in [1.165, 1.54) is 10.5 Å². The van der Waals surface area contributed by atoms with Gasteiger partial charge in [-0.05, 0) is 36.2 Å². The van der Waals surface area contributed by atoms with Crippen LogP contribution in [0.2, 0.25) is 5.02 Å². The lowest BCUT2D eigenvalue weighted by Crippen LogP contribution is -2.37. The summed E-state index contributed by atoms with van der Waals surface area (Å²) in [6.45, 7) is 1.21. The molecule has 1 fully saturated rings. The largest absolute Gasteiger partial charge is 0.345 e. The van der Waals surface area contributed by atoms with E-state index in [1.54, 1.807) is 24.3 Å². The smallest absolute Gasteiger partial charge is 0.187 e. The minimum absolute atomic E-state index is 0. The summed E-state index contributed by atoms with van der Waals surface area (Å²) in [4.78, 5) is 9.39. The van der Waals surface area contributed by atoms with Crippen LogP contribution in [-0.2, 0) is 22.4 Å². The van der Waals surface area contributed by atoms with Crippen molar-refractivity contribution in [2.45, 2.75) is 43.6 Å². The Morgan fingerprint density at radius 3 is 2.62 bits per heavy atom. The summed E-state index contributed by atoms with van der Waals surface area (Å²) in [6.07, 6.45) is 10.8. The molecule has 5 nitrogen and oxygen atoms in total. The number of aryl methyl sites for hydroxylation is 1. The molecule has 3 aromatic rings. The van der Waals surface area contributed by atoms with Gasteiger partial charge in [-0.2, -0.15) is 0 Å². The van der Waals surface area contributed by atoms with Gasteiger partial charge in [0.15, 0.2) is 5.79 Å². The number of pyridine rings is 1. The third kappa shape index (κ3) is 6.06. The molecule has 1 aliphatic rings. The van der Waals surface area contributed by atoms with Crippen LogP contribution in [0.3, 0.4) is 0 Å². The predicted molar refractivity (Wildman–Crippen MR) is 117 cm³/mol. The summed E-state index contributed by atoms with van der Waals surface area (Å²) < 4.78 is 14.7. The van der Waals surface area contributed by atoms with Crippen LogP contribution in [0.4, 0.5) is 0 Å². The molecule has 0 N–H and O–H groups in total. The molecule has 0 amide bonds. The average molecular weight is 432 g/mol. The fraction of sp³-hybridized carbons (Fsp3) is 0.364. The molecule has 154 valence electrons. The monoisotopic (exact) mass is 431 g/mol. The summed E-state index contributed by atoms with van der Waals surface area (Å²) in [5.74, 6) is 0.195. The summed E-state index contributed by atoms with van der Waals surface area (Å²) in [5, 5.41) is 0.749. The first kappa shape index (κ1) is 21.8. The van der Waals surface area contributed by atoms with Crippen molar-refractivity contribution in [3.63, 3.8) is 0 Å². The van der Waals surface area contributed by atoms with Crippen molar-refractivity contribution in [3.05, 3.63) is 78.1 Å². The molecule has 1 saturated heterocycles. The second-order valence-electron chi connectivity index (χ2n) is 6.82. The topological polar surface area (TPSA) is 49.2 Å². The summed E-state index contributed by atoms with van der Waals surface area (Å²) >= 11 is 7.76. The van der Waals surface area contributed by atoms with Crippen molar-refractivity contribution < 1.29 is 9.47 Å². The zero-order valence-corrected chi connectivity index (χ0v) is 17.0. The predicted octanol–water partition coefficient (Wildman–Crippen LogP) is 5.10. The molecule has 29 heavy (non-hydrogen) atoms. The maximum Gasteiger partial charge on any atom is 0.187 e. The first-order valence-electron chi connectivity index (χ1n) is 9.26. The Hall–Kier alpha value is -1.86. The molecular weight excluding hydrogens is 406 g/mol. The van der Waals surface area contributed by atoms with E-state index in [2.05, 4.69) is 22.1 Å². The zero-order chi connectivity index (χ0) is 19.2. The Morgan fingerprint density at radius 1 is 1.10 bits per heavy atom. The lowest BCUT2D eigenvalue weighted by atomic mass is 10.0. The number of rotatable bonds is 8.